The number of rotatable bonds is 3. The molecule has 0 N–H and O–H groups in total. The summed E-state index contributed by atoms with van der Waals surface area (Å²) in [4.78, 5) is 10.1. The predicted octanol–water partition coefficient (Wildman–Crippen LogP) is 6.12. The molecule has 5 rings (SSSR count). The van der Waals surface area contributed by atoms with Crippen LogP contribution in [-0.2, 0) is 12.8 Å². The molecule has 1 aliphatic carbocycles. The third-order valence-corrected chi connectivity index (χ3v) is 5.81. The van der Waals surface area contributed by atoms with E-state index in [1.165, 1.54) is 17.7 Å². The molecule has 4 aromatic rings. The molecular formula is C26H25N3. The van der Waals surface area contributed by atoms with Gasteiger partial charge in [-0.2, -0.15) is 0 Å². The van der Waals surface area contributed by atoms with Gasteiger partial charge in [0.1, 0.15) is 5.69 Å². The van der Waals surface area contributed by atoms with Gasteiger partial charge < -0.3 is 0 Å². The minimum absolute atomic E-state index is 0.360. The van der Waals surface area contributed by atoms with Gasteiger partial charge in [-0.15, -0.1) is 0 Å². The van der Waals surface area contributed by atoms with Gasteiger partial charge in [-0.25, -0.2) is 9.97 Å². The number of nitrogens with zero attached hydrogens (tertiary/aromatic N) is 3. The van der Waals surface area contributed by atoms with Crippen LogP contribution in [0.15, 0.2) is 79.0 Å². The zero-order valence-corrected chi connectivity index (χ0v) is 17.0. The van der Waals surface area contributed by atoms with Crippen LogP contribution in [0.5, 0.6) is 0 Å². The molecule has 0 amide bonds. The van der Waals surface area contributed by atoms with Gasteiger partial charge in [0.2, 0.25) is 0 Å². The first kappa shape index (κ1) is 17.9. The number of hydrogen-bond donors (Lipinski definition) is 0. The highest BCUT2D eigenvalue weighted by Crippen LogP contribution is 2.35. The second kappa shape index (κ2) is 7.00. The quantitative estimate of drug-likeness (QED) is 0.429. The van der Waals surface area contributed by atoms with E-state index in [1.54, 1.807) is 0 Å². The topological polar surface area (TPSA) is 30.7 Å². The summed E-state index contributed by atoms with van der Waals surface area (Å²) in [7, 11) is 0. The lowest BCUT2D eigenvalue weighted by Gasteiger charge is -2.30. The van der Waals surface area contributed by atoms with Gasteiger partial charge in [-0.1, -0.05) is 68.4 Å². The lowest BCUT2D eigenvalue weighted by atomic mass is 9.76. The van der Waals surface area contributed by atoms with Gasteiger partial charge in [0, 0.05) is 23.1 Å². The molecule has 2 heterocycles. The van der Waals surface area contributed by atoms with Crippen LogP contribution in [0, 0.1) is 5.41 Å². The summed E-state index contributed by atoms with van der Waals surface area (Å²) in [5, 5.41) is 0. The Bertz CT molecular complexity index is 1140. The average molecular weight is 380 g/mol. The van der Waals surface area contributed by atoms with Gasteiger partial charge in [0.25, 0.3) is 0 Å². The summed E-state index contributed by atoms with van der Waals surface area (Å²) in [6.45, 7) is 4.69. The maximum Gasteiger partial charge on any atom is 0.163 e. The second-order valence-corrected chi connectivity index (χ2v) is 8.66. The first-order chi connectivity index (χ1) is 14.1. The summed E-state index contributed by atoms with van der Waals surface area (Å²) < 4.78 is 2.16. The molecule has 2 aromatic carbocycles. The van der Waals surface area contributed by atoms with E-state index in [2.05, 4.69) is 85.3 Å². The van der Waals surface area contributed by atoms with E-state index in [4.69, 9.17) is 9.97 Å². The van der Waals surface area contributed by atoms with Gasteiger partial charge >= 0.3 is 0 Å². The maximum atomic E-state index is 5.06. The molecule has 0 fully saturated rings. The molecule has 0 bridgehead atoms. The van der Waals surface area contributed by atoms with Crippen LogP contribution in [0.1, 0.15) is 31.5 Å². The highest BCUT2D eigenvalue weighted by atomic mass is 15.1. The van der Waals surface area contributed by atoms with Crippen molar-refractivity contribution in [3.05, 3.63) is 90.3 Å². The van der Waals surface area contributed by atoms with Gasteiger partial charge in [0.15, 0.2) is 5.82 Å². The zero-order valence-electron chi connectivity index (χ0n) is 17.0. The van der Waals surface area contributed by atoms with Crippen molar-refractivity contribution in [1.82, 2.24) is 14.5 Å². The summed E-state index contributed by atoms with van der Waals surface area (Å²) in [5.74, 6) is 0.891. The van der Waals surface area contributed by atoms with Crippen molar-refractivity contribution in [2.75, 3.05) is 0 Å². The van der Waals surface area contributed by atoms with Crippen molar-refractivity contribution >= 4 is 0 Å². The fraction of sp³-hybridized carbons (Fsp3) is 0.231. The fourth-order valence-electron chi connectivity index (χ4n) is 4.19. The van der Waals surface area contributed by atoms with Gasteiger partial charge in [-0.3, -0.25) is 4.57 Å². The first-order valence-corrected chi connectivity index (χ1v) is 10.3. The highest BCUT2D eigenvalue weighted by Gasteiger charge is 2.26. The van der Waals surface area contributed by atoms with E-state index in [0.29, 0.717) is 5.41 Å². The van der Waals surface area contributed by atoms with Crippen molar-refractivity contribution in [1.29, 1.82) is 0 Å². The Morgan fingerprint density at radius 1 is 0.793 bits per heavy atom. The summed E-state index contributed by atoms with van der Waals surface area (Å²) in [5.41, 5.74) is 7.08. The lowest BCUT2D eigenvalue weighted by molar-refractivity contribution is 0.312. The van der Waals surface area contributed by atoms with Gasteiger partial charge in [-0.05, 0) is 48.4 Å². The number of benzene rings is 2. The number of hydrogen-bond acceptors (Lipinski definition) is 2. The standard InChI is InChI=1S/C26H25N3/c1-26(2)16-15-22-20(17-26)13-14-23(27-22)25-28-24(19-9-5-3-6-10-19)18-29(25)21-11-7-4-8-12-21/h3-14,18H,15-17H2,1-2H3. The monoisotopic (exact) mass is 379 g/mol. The van der Waals surface area contributed by atoms with E-state index in [-0.39, 0.29) is 0 Å². The summed E-state index contributed by atoms with van der Waals surface area (Å²) >= 11 is 0. The molecule has 1 aliphatic rings. The largest absolute Gasteiger partial charge is 0.298 e. The molecule has 3 nitrogen and oxygen atoms in total. The Labute approximate surface area is 172 Å². The SMILES string of the molecule is CC1(C)CCc2nc(-c3nc(-c4ccccc4)cn3-c3ccccc3)ccc2C1. The number of para-hydroxylation sites is 1. The van der Waals surface area contributed by atoms with E-state index < -0.39 is 0 Å². The van der Waals surface area contributed by atoms with Crippen molar-refractivity contribution in [2.45, 2.75) is 33.1 Å². The molecule has 0 radical (unpaired) electrons. The average Bonchev–Trinajstić information content (AvgIpc) is 3.20. The van der Waals surface area contributed by atoms with Crippen LogP contribution in [0.3, 0.4) is 0 Å². The number of fused-ring (bicyclic) bond motifs is 1. The Hall–Kier alpha value is -3.20. The smallest absolute Gasteiger partial charge is 0.163 e. The van der Waals surface area contributed by atoms with Crippen LogP contribution in [0.2, 0.25) is 0 Å². The fourth-order valence-corrected chi connectivity index (χ4v) is 4.19. The van der Waals surface area contributed by atoms with Crippen molar-refractivity contribution in [3.63, 3.8) is 0 Å². The Morgan fingerprint density at radius 2 is 1.52 bits per heavy atom. The molecule has 0 unspecified atom stereocenters. The van der Waals surface area contributed by atoms with E-state index >= 15 is 0 Å². The summed E-state index contributed by atoms with van der Waals surface area (Å²) in [6, 6.07) is 25.1. The second-order valence-electron chi connectivity index (χ2n) is 8.66. The highest BCUT2D eigenvalue weighted by molar-refractivity contribution is 5.66. The van der Waals surface area contributed by atoms with E-state index in [1.807, 2.05) is 12.1 Å². The Balaban J connectivity index is 1.64. The molecule has 3 heteroatoms. The maximum absolute atomic E-state index is 5.06. The van der Waals surface area contributed by atoms with E-state index in [0.717, 1.165) is 41.3 Å². The van der Waals surface area contributed by atoms with Crippen molar-refractivity contribution in [2.24, 2.45) is 5.41 Å². The molecule has 29 heavy (non-hydrogen) atoms. The molecule has 2 aromatic heterocycles. The predicted molar refractivity (Wildman–Crippen MR) is 118 cm³/mol. The minimum Gasteiger partial charge on any atom is -0.298 e. The van der Waals surface area contributed by atoms with Crippen molar-refractivity contribution in [3.8, 4) is 28.5 Å². The number of aromatic nitrogens is 3. The molecule has 0 saturated heterocycles. The van der Waals surface area contributed by atoms with Crippen LogP contribution >= 0.6 is 0 Å². The van der Waals surface area contributed by atoms with Crippen LogP contribution in [0.25, 0.3) is 28.5 Å². The minimum atomic E-state index is 0.360. The molecular weight excluding hydrogens is 354 g/mol. The normalized spacial score (nSPS) is 15.1. The van der Waals surface area contributed by atoms with Gasteiger partial charge in [0.05, 0.1) is 5.69 Å². The molecule has 0 aliphatic heterocycles. The summed E-state index contributed by atoms with van der Waals surface area (Å²) in [6.07, 6.45) is 5.43. The van der Waals surface area contributed by atoms with Crippen LogP contribution in [-0.4, -0.2) is 14.5 Å². The Kier molecular flexibility index (Phi) is 4.31. The number of pyridine rings is 1. The molecule has 144 valence electrons. The zero-order chi connectivity index (χ0) is 19.8. The first-order valence-electron chi connectivity index (χ1n) is 10.3. The number of imidazole rings is 1. The third kappa shape index (κ3) is 3.49. The van der Waals surface area contributed by atoms with Crippen LogP contribution < -0.4 is 0 Å². The van der Waals surface area contributed by atoms with Crippen molar-refractivity contribution < 1.29 is 0 Å². The Morgan fingerprint density at radius 3 is 2.28 bits per heavy atom. The lowest BCUT2D eigenvalue weighted by Crippen LogP contribution is -2.23. The molecule has 0 saturated carbocycles. The van der Waals surface area contributed by atoms with Crippen LogP contribution in [0.4, 0.5) is 0 Å². The molecule has 0 spiro atoms. The van der Waals surface area contributed by atoms with E-state index in [9.17, 15) is 0 Å². The number of aryl methyl sites for hydroxylation is 1. The molecule has 0 atom stereocenters. The third-order valence-electron chi connectivity index (χ3n) is 5.81.